The van der Waals surface area contributed by atoms with E-state index in [1.807, 2.05) is 11.9 Å². The van der Waals surface area contributed by atoms with Crippen LogP contribution in [0.4, 0.5) is 17.5 Å². The van der Waals surface area contributed by atoms with Gasteiger partial charge in [-0.25, -0.2) is 9.99 Å². The fourth-order valence-corrected chi connectivity index (χ4v) is 1.74. The van der Waals surface area contributed by atoms with E-state index < -0.39 is 4.92 Å². The minimum absolute atomic E-state index is 0.140. The first kappa shape index (κ1) is 14.4. The maximum atomic E-state index is 11.0. The van der Waals surface area contributed by atoms with Crippen LogP contribution in [-0.2, 0) is 4.74 Å². The number of aromatic nitrogens is 2. The highest BCUT2D eigenvalue weighted by atomic mass is 16.6. The van der Waals surface area contributed by atoms with Crippen LogP contribution in [0.3, 0.4) is 0 Å². The zero-order valence-corrected chi connectivity index (χ0v) is 11.3. The summed E-state index contributed by atoms with van der Waals surface area (Å²) in [5.41, 5.74) is 2.83. The number of anilines is 2. The van der Waals surface area contributed by atoms with Gasteiger partial charge in [-0.1, -0.05) is 6.92 Å². The second-order valence-electron chi connectivity index (χ2n) is 4.32. The Bertz CT molecular complexity index is 463. The third-order valence-corrected chi connectivity index (χ3v) is 2.77. The predicted molar refractivity (Wildman–Crippen MR) is 73.5 cm³/mol. The van der Waals surface area contributed by atoms with Crippen molar-refractivity contribution in [3.63, 3.8) is 0 Å². The van der Waals surface area contributed by atoms with Crippen molar-refractivity contribution in [3.05, 3.63) is 16.3 Å². The number of morpholine rings is 1. The molecule has 0 unspecified atom stereocenters. The van der Waals surface area contributed by atoms with Crippen LogP contribution in [0.25, 0.3) is 0 Å². The number of ether oxygens (including phenoxy) is 1. The second kappa shape index (κ2) is 6.96. The predicted octanol–water partition coefficient (Wildman–Crippen LogP) is 0.866. The first-order valence-electron chi connectivity index (χ1n) is 6.55. The summed E-state index contributed by atoms with van der Waals surface area (Å²) in [6.45, 7) is 5.22. The number of nitrogens with zero attached hydrogens (tertiary/aromatic N) is 4. The quantitative estimate of drug-likeness (QED) is 0.584. The van der Waals surface area contributed by atoms with Crippen LogP contribution in [0.2, 0.25) is 0 Å². The van der Waals surface area contributed by atoms with Gasteiger partial charge in [-0.05, 0) is 6.42 Å². The van der Waals surface area contributed by atoms with Crippen molar-refractivity contribution in [1.82, 2.24) is 15.0 Å². The van der Waals surface area contributed by atoms with Crippen LogP contribution < -0.4 is 10.7 Å². The monoisotopic (exact) mass is 282 g/mol. The molecule has 1 aliphatic rings. The molecule has 0 aromatic carbocycles. The van der Waals surface area contributed by atoms with Crippen LogP contribution in [0.1, 0.15) is 13.3 Å². The molecule has 0 saturated carbocycles. The van der Waals surface area contributed by atoms with Crippen molar-refractivity contribution in [1.29, 1.82) is 0 Å². The van der Waals surface area contributed by atoms with Gasteiger partial charge in [-0.15, -0.1) is 0 Å². The van der Waals surface area contributed by atoms with Gasteiger partial charge in [-0.3, -0.25) is 15.5 Å². The molecule has 1 aromatic heterocycles. The van der Waals surface area contributed by atoms with E-state index >= 15 is 0 Å². The molecule has 20 heavy (non-hydrogen) atoms. The van der Waals surface area contributed by atoms with Gasteiger partial charge in [0.15, 0.2) is 0 Å². The molecule has 2 heterocycles. The normalized spacial score (nSPS) is 15.8. The van der Waals surface area contributed by atoms with Crippen LogP contribution in [0, 0.1) is 10.1 Å². The third kappa shape index (κ3) is 3.75. The van der Waals surface area contributed by atoms with Crippen molar-refractivity contribution in [2.75, 3.05) is 43.6 Å². The van der Waals surface area contributed by atoms with Gasteiger partial charge < -0.3 is 10.1 Å². The van der Waals surface area contributed by atoms with Crippen LogP contribution in [0.5, 0.6) is 0 Å². The number of hydrogen-bond acceptors (Lipinski definition) is 8. The molecule has 0 atom stereocenters. The first-order chi connectivity index (χ1) is 9.70. The highest BCUT2D eigenvalue weighted by Crippen LogP contribution is 2.22. The number of nitro groups is 1. The number of hydrazine groups is 1. The summed E-state index contributed by atoms with van der Waals surface area (Å²) in [7, 11) is 0. The van der Waals surface area contributed by atoms with Gasteiger partial charge in [0.1, 0.15) is 6.20 Å². The van der Waals surface area contributed by atoms with E-state index in [9.17, 15) is 10.1 Å². The van der Waals surface area contributed by atoms with E-state index in [0.29, 0.717) is 32.3 Å². The van der Waals surface area contributed by atoms with Gasteiger partial charge >= 0.3 is 5.69 Å². The molecule has 1 fully saturated rings. The van der Waals surface area contributed by atoms with Gasteiger partial charge in [0.05, 0.1) is 18.1 Å². The van der Waals surface area contributed by atoms with Crippen LogP contribution >= 0.6 is 0 Å². The zero-order valence-electron chi connectivity index (χ0n) is 11.3. The van der Waals surface area contributed by atoms with Gasteiger partial charge in [0, 0.05) is 19.6 Å². The fraction of sp³-hybridized carbons (Fsp3) is 0.636. The Balaban J connectivity index is 2.14. The number of rotatable bonds is 6. The molecule has 2 N–H and O–H groups in total. The molecule has 110 valence electrons. The standard InChI is InChI=1S/C11H18N6O3/c1-2-3-12-11-13-8-9(17(18)19)10(14-11)15-16-4-6-20-7-5-16/h8H,2-7H2,1H3,(H2,12,13,14,15). The molecule has 1 aromatic rings. The lowest BCUT2D eigenvalue weighted by molar-refractivity contribution is -0.384. The van der Waals surface area contributed by atoms with Crippen molar-refractivity contribution < 1.29 is 9.66 Å². The van der Waals surface area contributed by atoms with E-state index in [2.05, 4.69) is 20.7 Å². The van der Waals surface area contributed by atoms with Gasteiger partial charge in [0.25, 0.3) is 0 Å². The molecule has 0 spiro atoms. The van der Waals surface area contributed by atoms with Crippen LogP contribution in [-0.4, -0.2) is 52.7 Å². The lowest BCUT2D eigenvalue weighted by atomic mass is 10.4. The fourth-order valence-electron chi connectivity index (χ4n) is 1.74. The zero-order chi connectivity index (χ0) is 14.4. The molecular weight excluding hydrogens is 264 g/mol. The highest BCUT2D eigenvalue weighted by molar-refractivity contribution is 5.56. The maximum Gasteiger partial charge on any atom is 0.330 e. The Kier molecular flexibility index (Phi) is 5.02. The minimum atomic E-state index is -0.494. The molecule has 2 rings (SSSR count). The Labute approximate surface area is 116 Å². The SMILES string of the molecule is CCCNc1ncc([N+](=O)[O-])c(NN2CCOCC2)n1. The molecule has 0 aliphatic carbocycles. The van der Waals surface area contributed by atoms with Crippen molar-refractivity contribution in [3.8, 4) is 0 Å². The third-order valence-electron chi connectivity index (χ3n) is 2.77. The van der Waals surface area contributed by atoms with E-state index in [4.69, 9.17) is 4.74 Å². The minimum Gasteiger partial charge on any atom is -0.379 e. The summed E-state index contributed by atoms with van der Waals surface area (Å²) in [5, 5.41) is 15.9. The van der Waals surface area contributed by atoms with Gasteiger partial charge in [-0.2, -0.15) is 4.98 Å². The molecule has 0 bridgehead atoms. The summed E-state index contributed by atoms with van der Waals surface area (Å²) in [6, 6.07) is 0. The highest BCUT2D eigenvalue weighted by Gasteiger charge is 2.20. The number of hydrogen-bond donors (Lipinski definition) is 2. The van der Waals surface area contributed by atoms with E-state index in [1.54, 1.807) is 0 Å². The molecule has 9 nitrogen and oxygen atoms in total. The first-order valence-corrected chi connectivity index (χ1v) is 6.55. The largest absolute Gasteiger partial charge is 0.379 e. The summed E-state index contributed by atoms with van der Waals surface area (Å²) in [4.78, 5) is 18.6. The maximum absolute atomic E-state index is 11.0. The van der Waals surface area contributed by atoms with Crippen LogP contribution in [0.15, 0.2) is 6.20 Å². The molecule has 0 radical (unpaired) electrons. The van der Waals surface area contributed by atoms with Crippen molar-refractivity contribution in [2.24, 2.45) is 0 Å². The Hall–Kier alpha value is -2.00. The lowest BCUT2D eigenvalue weighted by Gasteiger charge is -2.27. The smallest absolute Gasteiger partial charge is 0.330 e. The summed E-state index contributed by atoms with van der Waals surface area (Å²) < 4.78 is 5.23. The van der Waals surface area contributed by atoms with E-state index in [0.717, 1.165) is 13.0 Å². The Morgan fingerprint density at radius 3 is 2.90 bits per heavy atom. The van der Waals surface area contributed by atoms with Crippen molar-refractivity contribution in [2.45, 2.75) is 13.3 Å². The Morgan fingerprint density at radius 2 is 2.25 bits per heavy atom. The lowest BCUT2D eigenvalue weighted by Crippen LogP contribution is -2.40. The van der Waals surface area contributed by atoms with E-state index in [-0.39, 0.29) is 11.5 Å². The Morgan fingerprint density at radius 1 is 1.50 bits per heavy atom. The molecule has 1 aliphatic heterocycles. The molecule has 0 amide bonds. The molecular formula is C11H18N6O3. The number of nitrogens with one attached hydrogen (secondary N) is 2. The second-order valence-corrected chi connectivity index (χ2v) is 4.32. The summed E-state index contributed by atoms with van der Waals surface area (Å²) >= 11 is 0. The topological polar surface area (TPSA) is 105 Å². The van der Waals surface area contributed by atoms with Crippen molar-refractivity contribution >= 4 is 17.5 Å². The molecule has 9 heteroatoms. The molecule has 1 saturated heterocycles. The van der Waals surface area contributed by atoms with Gasteiger partial charge in [0.2, 0.25) is 11.8 Å². The summed E-state index contributed by atoms with van der Waals surface area (Å²) in [6.07, 6.45) is 2.14. The summed E-state index contributed by atoms with van der Waals surface area (Å²) in [5.74, 6) is 0.582. The average molecular weight is 282 g/mol. The van der Waals surface area contributed by atoms with E-state index in [1.165, 1.54) is 6.20 Å². The average Bonchev–Trinajstić information content (AvgIpc) is 2.46.